The number of halogens is 7. The standard InChI is InChI=1S/C21H15ClF6N4O3/c1-3-31-19(9-33)30-32(20(31)34)17-6-18(35-10(2)21(26,27)28)12(5-15(17)24)14(23)4-11-13(22)7-29-8-16(11)25/h4-10H,3H2,1-2H3/b14-4-/t10-/m0/s1. The van der Waals surface area contributed by atoms with Crippen LogP contribution in [-0.2, 0) is 6.54 Å². The fourth-order valence-corrected chi connectivity index (χ4v) is 3.16. The lowest BCUT2D eigenvalue weighted by atomic mass is 10.1. The summed E-state index contributed by atoms with van der Waals surface area (Å²) in [5.74, 6) is -4.95. The van der Waals surface area contributed by atoms with Gasteiger partial charge in [-0.1, -0.05) is 11.6 Å². The lowest BCUT2D eigenvalue weighted by Crippen LogP contribution is -2.31. The molecular weight excluding hydrogens is 506 g/mol. The number of carbonyl (C=O) groups is 1. The van der Waals surface area contributed by atoms with Crippen LogP contribution in [0.1, 0.15) is 35.6 Å². The normalized spacial score (nSPS) is 13.1. The minimum Gasteiger partial charge on any atom is -0.480 e. The maximum Gasteiger partial charge on any atom is 0.425 e. The van der Waals surface area contributed by atoms with Gasteiger partial charge in [-0.05, 0) is 26.0 Å². The van der Waals surface area contributed by atoms with Crippen LogP contribution in [0.3, 0.4) is 0 Å². The highest BCUT2D eigenvalue weighted by Gasteiger charge is 2.39. The molecule has 3 rings (SSSR count). The van der Waals surface area contributed by atoms with Crippen molar-refractivity contribution >= 4 is 29.8 Å². The van der Waals surface area contributed by atoms with Crippen molar-refractivity contribution in [1.82, 2.24) is 19.3 Å². The van der Waals surface area contributed by atoms with Gasteiger partial charge in [0.25, 0.3) is 0 Å². The fourth-order valence-electron chi connectivity index (χ4n) is 2.96. The number of benzene rings is 1. The molecule has 1 atom stereocenters. The van der Waals surface area contributed by atoms with Crippen molar-refractivity contribution in [2.24, 2.45) is 0 Å². The number of aromatic nitrogens is 4. The van der Waals surface area contributed by atoms with Crippen LogP contribution in [0.4, 0.5) is 26.3 Å². The maximum absolute atomic E-state index is 15.1. The van der Waals surface area contributed by atoms with E-state index in [9.17, 15) is 31.5 Å². The highest BCUT2D eigenvalue weighted by Crippen LogP contribution is 2.36. The van der Waals surface area contributed by atoms with Crippen molar-refractivity contribution in [3.63, 3.8) is 0 Å². The van der Waals surface area contributed by atoms with E-state index in [4.69, 9.17) is 16.3 Å². The Kier molecular flexibility index (Phi) is 7.38. The lowest BCUT2D eigenvalue weighted by molar-refractivity contribution is -0.189. The molecule has 0 fully saturated rings. The largest absolute Gasteiger partial charge is 0.480 e. The van der Waals surface area contributed by atoms with Crippen LogP contribution in [-0.4, -0.2) is 37.9 Å². The van der Waals surface area contributed by atoms with Crippen molar-refractivity contribution in [1.29, 1.82) is 0 Å². The third kappa shape index (κ3) is 5.24. The first-order chi connectivity index (χ1) is 16.4. The summed E-state index contributed by atoms with van der Waals surface area (Å²) in [6.45, 7) is 2.11. The molecule has 0 aliphatic heterocycles. The number of carbonyl (C=O) groups excluding carboxylic acids is 1. The quantitative estimate of drug-likeness (QED) is 0.324. The van der Waals surface area contributed by atoms with Gasteiger partial charge in [-0.15, -0.1) is 5.10 Å². The predicted molar refractivity (Wildman–Crippen MR) is 113 cm³/mol. The summed E-state index contributed by atoms with van der Waals surface area (Å²) in [4.78, 5) is 27.2. The van der Waals surface area contributed by atoms with Gasteiger partial charge in [0.2, 0.25) is 0 Å². The maximum atomic E-state index is 15.1. The van der Waals surface area contributed by atoms with Crippen molar-refractivity contribution in [2.45, 2.75) is 32.7 Å². The van der Waals surface area contributed by atoms with Crippen LogP contribution in [0.2, 0.25) is 5.02 Å². The monoisotopic (exact) mass is 520 g/mol. The second-order valence-corrected chi connectivity index (χ2v) is 7.43. The molecule has 0 bridgehead atoms. The highest BCUT2D eigenvalue weighted by atomic mass is 35.5. The number of hydrogen-bond donors (Lipinski definition) is 0. The van der Waals surface area contributed by atoms with Gasteiger partial charge in [0.05, 0.1) is 16.8 Å². The van der Waals surface area contributed by atoms with Crippen molar-refractivity contribution in [3.8, 4) is 11.4 Å². The van der Waals surface area contributed by atoms with Crippen LogP contribution < -0.4 is 10.4 Å². The van der Waals surface area contributed by atoms with E-state index in [0.29, 0.717) is 29.8 Å². The molecular formula is C21H15ClF6N4O3. The van der Waals surface area contributed by atoms with E-state index in [1.54, 1.807) is 0 Å². The smallest absolute Gasteiger partial charge is 0.425 e. The number of rotatable bonds is 7. The van der Waals surface area contributed by atoms with Gasteiger partial charge >= 0.3 is 11.9 Å². The van der Waals surface area contributed by atoms with E-state index in [1.807, 2.05) is 0 Å². The number of hydrogen-bond acceptors (Lipinski definition) is 5. The van der Waals surface area contributed by atoms with Crippen LogP contribution in [0.5, 0.6) is 5.75 Å². The molecule has 0 saturated heterocycles. The summed E-state index contributed by atoms with van der Waals surface area (Å²) in [5, 5.41) is 3.35. The van der Waals surface area contributed by atoms with Crippen LogP contribution in [0.15, 0.2) is 29.3 Å². The molecule has 0 unspecified atom stereocenters. The number of nitrogens with zero attached hydrogens (tertiary/aromatic N) is 4. The molecule has 2 aromatic heterocycles. The summed E-state index contributed by atoms with van der Waals surface area (Å²) in [7, 11) is 0. The summed E-state index contributed by atoms with van der Waals surface area (Å²) in [5.41, 5.74) is -3.00. The second-order valence-electron chi connectivity index (χ2n) is 7.03. The number of ether oxygens (including phenoxy) is 1. The van der Waals surface area contributed by atoms with Gasteiger partial charge in [-0.3, -0.25) is 14.3 Å². The molecule has 1 aromatic carbocycles. The molecule has 3 aromatic rings. The topological polar surface area (TPSA) is 79.0 Å². The van der Waals surface area contributed by atoms with Crippen molar-refractivity contribution in [2.75, 3.05) is 0 Å². The van der Waals surface area contributed by atoms with E-state index < -0.39 is 58.0 Å². The zero-order valence-electron chi connectivity index (χ0n) is 17.9. The Balaban J connectivity index is 2.24. The molecule has 0 aliphatic rings. The van der Waals surface area contributed by atoms with Gasteiger partial charge < -0.3 is 4.74 Å². The molecule has 0 N–H and O–H groups in total. The number of aldehydes is 1. The molecule has 0 amide bonds. The molecule has 2 heterocycles. The number of pyridine rings is 1. The fraction of sp³-hybridized carbons (Fsp3) is 0.238. The third-order valence-electron chi connectivity index (χ3n) is 4.77. The summed E-state index contributed by atoms with van der Waals surface area (Å²) in [6, 6.07) is 1.07. The Morgan fingerprint density at radius 2 is 1.91 bits per heavy atom. The summed E-state index contributed by atoms with van der Waals surface area (Å²) < 4.78 is 89.7. The zero-order chi connectivity index (χ0) is 26.1. The number of alkyl halides is 3. The molecule has 0 spiro atoms. The first kappa shape index (κ1) is 26.0. The van der Waals surface area contributed by atoms with Crippen LogP contribution in [0.25, 0.3) is 17.6 Å². The Bertz CT molecular complexity index is 1350. The molecule has 0 saturated carbocycles. The molecule has 186 valence electrons. The van der Waals surface area contributed by atoms with E-state index in [0.717, 1.165) is 17.0 Å². The van der Waals surface area contributed by atoms with Gasteiger partial charge in [-0.25, -0.2) is 18.0 Å². The van der Waals surface area contributed by atoms with Crippen LogP contribution in [0, 0.1) is 11.6 Å². The SMILES string of the molecule is CCn1c(C=O)nn(-c2cc(O[C@@H](C)C(F)(F)F)c(/C(F)=C/c3c(F)cncc3Cl)cc2F)c1=O. The zero-order valence-corrected chi connectivity index (χ0v) is 18.7. The van der Waals surface area contributed by atoms with E-state index in [2.05, 4.69) is 10.1 Å². The van der Waals surface area contributed by atoms with Gasteiger partial charge in [0.1, 0.15) is 28.9 Å². The Morgan fingerprint density at radius 3 is 2.46 bits per heavy atom. The third-order valence-corrected chi connectivity index (χ3v) is 5.07. The molecule has 35 heavy (non-hydrogen) atoms. The average molecular weight is 521 g/mol. The Hall–Kier alpha value is -3.61. The minimum absolute atomic E-state index is 0.0172. The molecule has 0 radical (unpaired) electrons. The second kappa shape index (κ2) is 9.94. The van der Waals surface area contributed by atoms with Crippen molar-refractivity contribution < 1.29 is 35.9 Å². The Morgan fingerprint density at radius 1 is 1.23 bits per heavy atom. The van der Waals surface area contributed by atoms with Crippen molar-refractivity contribution in [3.05, 3.63) is 68.6 Å². The van der Waals surface area contributed by atoms with E-state index in [1.165, 1.54) is 6.92 Å². The molecule has 0 aliphatic carbocycles. The predicted octanol–water partition coefficient (Wildman–Crippen LogP) is 4.99. The first-order valence-electron chi connectivity index (χ1n) is 9.77. The lowest BCUT2D eigenvalue weighted by Gasteiger charge is -2.20. The molecule has 7 nitrogen and oxygen atoms in total. The summed E-state index contributed by atoms with van der Waals surface area (Å²) >= 11 is 5.80. The van der Waals surface area contributed by atoms with Gasteiger partial charge in [0.15, 0.2) is 18.2 Å². The first-order valence-corrected chi connectivity index (χ1v) is 10.2. The van der Waals surface area contributed by atoms with Gasteiger partial charge in [-0.2, -0.15) is 17.9 Å². The minimum atomic E-state index is -4.89. The average Bonchev–Trinajstić information content (AvgIpc) is 3.11. The van der Waals surface area contributed by atoms with E-state index >= 15 is 4.39 Å². The van der Waals surface area contributed by atoms with Gasteiger partial charge in [0, 0.05) is 24.4 Å². The van der Waals surface area contributed by atoms with E-state index in [-0.39, 0.29) is 23.7 Å². The Labute approximate surface area is 198 Å². The highest BCUT2D eigenvalue weighted by molar-refractivity contribution is 6.32. The van der Waals surface area contributed by atoms with Crippen LogP contribution >= 0.6 is 11.6 Å². The molecule has 14 heteroatoms. The summed E-state index contributed by atoms with van der Waals surface area (Å²) in [6.07, 6.45) is -4.90.